The summed E-state index contributed by atoms with van der Waals surface area (Å²) in [7, 11) is 2.21. The number of aliphatic hydroxyl groups is 1. The van der Waals surface area contributed by atoms with Crippen molar-refractivity contribution < 1.29 is 5.11 Å². The molecule has 2 nitrogen and oxygen atoms in total. The molecule has 16 heavy (non-hydrogen) atoms. The van der Waals surface area contributed by atoms with Gasteiger partial charge in [0.05, 0.1) is 0 Å². The third-order valence-corrected chi connectivity index (χ3v) is 4.00. The molecule has 96 valence electrons. The Morgan fingerprint density at radius 3 is 2.25 bits per heavy atom. The van der Waals surface area contributed by atoms with Crippen LogP contribution in [0, 0.1) is 5.41 Å². The van der Waals surface area contributed by atoms with Crippen molar-refractivity contribution in [2.24, 2.45) is 5.41 Å². The number of hydrogen-bond acceptors (Lipinski definition) is 2. The van der Waals surface area contributed by atoms with Gasteiger partial charge in [-0.2, -0.15) is 0 Å². The molecule has 0 aromatic rings. The van der Waals surface area contributed by atoms with Gasteiger partial charge in [0.2, 0.25) is 0 Å². The fourth-order valence-corrected chi connectivity index (χ4v) is 2.92. The van der Waals surface area contributed by atoms with E-state index < -0.39 is 0 Å². The van der Waals surface area contributed by atoms with Crippen LogP contribution in [0.2, 0.25) is 0 Å². The van der Waals surface area contributed by atoms with Gasteiger partial charge in [0.25, 0.3) is 0 Å². The number of rotatable bonds is 6. The molecule has 0 amide bonds. The van der Waals surface area contributed by atoms with Crippen LogP contribution in [-0.2, 0) is 0 Å². The number of aliphatic hydroxyl groups excluding tert-OH is 1. The normalized spacial score (nSPS) is 21.0. The van der Waals surface area contributed by atoms with E-state index in [9.17, 15) is 5.11 Å². The summed E-state index contributed by atoms with van der Waals surface area (Å²) in [6.45, 7) is 4.88. The summed E-state index contributed by atoms with van der Waals surface area (Å²) in [4.78, 5) is 2.42. The average molecular weight is 227 g/mol. The van der Waals surface area contributed by atoms with Gasteiger partial charge in [-0.15, -0.1) is 0 Å². The van der Waals surface area contributed by atoms with Crippen LogP contribution in [-0.4, -0.2) is 36.8 Å². The fourth-order valence-electron chi connectivity index (χ4n) is 2.92. The Balaban J connectivity index is 2.43. The van der Waals surface area contributed by atoms with Gasteiger partial charge in [-0.1, -0.05) is 39.0 Å². The van der Waals surface area contributed by atoms with Crippen molar-refractivity contribution in [3.8, 4) is 0 Å². The molecule has 2 heteroatoms. The minimum atomic E-state index is 0.207. The summed E-state index contributed by atoms with van der Waals surface area (Å²) in [5.41, 5.74) is 0.207. The van der Waals surface area contributed by atoms with E-state index in [4.69, 9.17) is 0 Å². The third-order valence-electron chi connectivity index (χ3n) is 4.00. The van der Waals surface area contributed by atoms with E-state index in [-0.39, 0.29) is 5.41 Å². The van der Waals surface area contributed by atoms with E-state index in [0.717, 1.165) is 6.54 Å². The van der Waals surface area contributed by atoms with E-state index in [2.05, 4.69) is 18.9 Å². The van der Waals surface area contributed by atoms with Crippen LogP contribution >= 0.6 is 0 Å². The van der Waals surface area contributed by atoms with Gasteiger partial charge in [-0.05, 0) is 32.9 Å². The highest BCUT2D eigenvalue weighted by molar-refractivity contribution is 4.83. The molecule has 0 spiro atoms. The molecule has 0 unspecified atom stereocenters. The highest BCUT2D eigenvalue weighted by Gasteiger charge is 2.31. The van der Waals surface area contributed by atoms with Gasteiger partial charge >= 0.3 is 0 Å². The summed E-state index contributed by atoms with van der Waals surface area (Å²) < 4.78 is 0. The molecule has 1 aliphatic rings. The highest BCUT2D eigenvalue weighted by Crippen LogP contribution is 2.35. The lowest BCUT2D eigenvalue weighted by Crippen LogP contribution is -2.38. The monoisotopic (exact) mass is 227 g/mol. The zero-order valence-corrected chi connectivity index (χ0v) is 11.2. The lowest BCUT2D eigenvalue weighted by atomic mass is 9.80. The first kappa shape index (κ1) is 14.0. The molecule has 1 fully saturated rings. The summed E-state index contributed by atoms with van der Waals surface area (Å²) in [6, 6.07) is 0. The predicted molar refractivity (Wildman–Crippen MR) is 69.6 cm³/mol. The Hall–Kier alpha value is -0.0800. The Morgan fingerprint density at radius 2 is 1.75 bits per heavy atom. The standard InChI is InChI=1S/C14H29NO/c1-3-4-11-15(2)12-14(13-16)9-7-5-6-8-10-14/h16H,3-13H2,1-2H3. The lowest BCUT2D eigenvalue weighted by Gasteiger charge is -2.35. The van der Waals surface area contributed by atoms with Crippen molar-refractivity contribution in [3.05, 3.63) is 0 Å². The van der Waals surface area contributed by atoms with E-state index >= 15 is 0 Å². The van der Waals surface area contributed by atoms with Gasteiger partial charge in [-0.25, -0.2) is 0 Å². The van der Waals surface area contributed by atoms with Crippen molar-refractivity contribution in [1.82, 2.24) is 4.90 Å². The molecule has 1 saturated carbocycles. The maximum atomic E-state index is 9.71. The summed E-state index contributed by atoms with van der Waals surface area (Å²) >= 11 is 0. The van der Waals surface area contributed by atoms with E-state index in [0.29, 0.717) is 6.61 Å². The molecule has 0 heterocycles. The maximum absolute atomic E-state index is 9.71. The summed E-state index contributed by atoms with van der Waals surface area (Å²) in [5, 5.41) is 9.71. The summed E-state index contributed by atoms with van der Waals surface area (Å²) in [5.74, 6) is 0. The second-order valence-electron chi connectivity index (χ2n) is 5.66. The van der Waals surface area contributed by atoms with E-state index in [1.165, 1.54) is 57.9 Å². The molecule has 1 rings (SSSR count). The maximum Gasteiger partial charge on any atom is 0.0499 e. The Bertz CT molecular complexity index is 174. The number of hydrogen-bond donors (Lipinski definition) is 1. The number of nitrogens with zero attached hydrogens (tertiary/aromatic N) is 1. The molecule has 0 radical (unpaired) electrons. The smallest absolute Gasteiger partial charge is 0.0499 e. The fraction of sp³-hybridized carbons (Fsp3) is 1.00. The van der Waals surface area contributed by atoms with E-state index in [1.54, 1.807) is 0 Å². The zero-order chi connectivity index (χ0) is 11.9. The topological polar surface area (TPSA) is 23.5 Å². The molecule has 0 aromatic heterocycles. The van der Waals surface area contributed by atoms with E-state index in [1.807, 2.05) is 0 Å². The quantitative estimate of drug-likeness (QED) is 0.705. The van der Waals surface area contributed by atoms with Crippen LogP contribution in [0.15, 0.2) is 0 Å². The zero-order valence-electron chi connectivity index (χ0n) is 11.2. The second kappa shape index (κ2) is 7.29. The average Bonchev–Trinajstić information content (AvgIpc) is 2.52. The first-order chi connectivity index (χ1) is 7.72. The van der Waals surface area contributed by atoms with Crippen LogP contribution in [0.25, 0.3) is 0 Å². The minimum Gasteiger partial charge on any atom is -0.396 e. The van der Waals surface area contributed by atoms with Gasteiger partial charge in [-0.3, -0.25) is 0 Å². The molecule has 0 atom stereocenters. The number of unbranched alkanes of at least 4 members (excludes halogenated alkanes) is 1. The van der Waals surface area contributed by atoms with Crippen LogP contribution in [0.1, 0.15) is 58.3 Å². The first-order valence-corrected chi connectivity index (χ1v) is 7.02. The predicted octanol–water partition coefficient (Wildman–Crippen LogP) is 3.05. The van der Waals surface area contributed by atoms with Crippen LogP contribution in [0.5, 0.6) is 0 Å². The van der Waals surface area contributed by atoms with Crippen molar-refractivity contribution in [3.63, 3.8) is 0 Å². The Kier molecular flexibility index (Phi) is 6.37. The molecule has 0 saturated heterocycles. The van der Waals surface area contributed by atoms with Gasteiger partial charge in [0.15, 0.2) is 0 Å². The minimum absolute atomic E-state index is 0.207. The first-order valence-electron chi connectivity index (χ1n) is 7.02. The van der Waals surface area contributed by atoms with Crippen LogP contribution in [0.4, 0.5) is 0 Å². The van der Waals surface area contributed by atoms with Gasteiger partial charge in [0.1, 0.15) is 0 Å². The van der Waals surface area contributed by atoms with Gasteiger partial charge < -0.3 is 10.0 Å². The molecular formula is C14H29NO. The second-order valence-corrected chi connectivity index (χ2v) is 5.66. The van der Waals surface area contributed by atoms with Crippen LogP contribution in [0.3, 0.4) is 0 Å². The summed E-state index contributed by atoms with van der Waals surface area (Å²) in [6.07, 6.45) is 10.3. The Morgan fingerprint density at radius 1 is 1.12 bits per heavy atom. The van der Waals surface area contributed by atoms with Crippen molar-refractivity contribution >= 4 is 0 Å². The third kappa shape index (κ3) is 4.42. The molecule has 0 bridgehead atoms. The van der Waals surface area contributed by atoms with Crippen molar-refractivity contribution in [2.45, 2.75) is 58.3 Å². The van der Waals surface area contributed by atoms with Crippen molar-refractivity contribution in [1.29, 1.82) is 0 Å². The largest absolute Gasteiger partial charge is 0.396 e. The lowest BCUT2D eigenvalue weighted by molar-refractivity contribution is 0.0683. The SMILES string of the molecule is CCCCN(C)CC1(CO)CCCCCC1. The van der Waals surface area contributed by atoms with Crippen LogP contribution < -0.4 is 0 Å². The molecule has 1 aliphatic carbocycles. The van der Waals surface area contributed by atoms with Crippen molar-refractivity contribution in [2.75, 3.05) is 26.7 Å². The molecule has 0 aliphatic heterocycles. The molecular weight excluding hydrogens is 198 g/mol. The molecule has 0 aromatic carbocycles. The highest BCUT2D eigenvalue weighted by atomic mass is 16.3. The van der Waals surface area contributed by atoms with Gasteiger partial charge in [0, 0.05) is 18.6 Å². The Labute approximate surface area is 101 Å². The molecule has 1 N–H and O–H groups in total.